The molecule has 1 aliphatic heterocycles. The maximum absolute atomic E-state index is 13.3. The highest BCUT2D eigenvalue weighted by atomic mass is 19.1. The standard InChI is InChI=1S/C23H24FNO2/c24-21-8-6-20(7-9-21)23(11-14-26-15-12-23)25-13-16-27-22-10-5-18-3-1-2-4-19(18)17-22/h1-10,17,25H,11-16H2. The quantitative estimate of drug-likeness (QED) is 0.645. The first-order chi connectivity index (χ1) is 13.3. The molecule has 0 amide bonds. The van der Waals surface area contributed by atoms with E-state index in [2.05, 4.69) is 29.6 Å². The molecule has 0 aromatic heterocycles. The summed E-state index contributed by atoms with van der Waals surface area (Å²) in [4.78, 5) is 0. The molecular weight excluding hydrogens is 341 g/mol. The van der Waals surface area contributed by atoms with Gasteiger partial charge in [0.2, 0.25) is 0 Å². The molecular formula is C23H24FNO2. The van der Waals surface area contributed by atoms with Gasteiger partial charge in [-0.3, -0.25) is 0 Å². The Balaban J connectivity index is 1.39. The SMILES string of the molecule is Fc1ccc(C2(NCCOc3ccc4ccccc4c3)CCOCC2)cc1. The van der Waals surface area contributed by atoms with Crippen molar-refractivity contribution in [2.24, 2.45) is 0 Å². The van der Waals surface area contributed by atoms with Crippen molar-refractivity contribution in [2.75, 3.05) is 26.4 Å². The van der Waals surface area contributed by atoms with Gasteiger partial charge in [-0.15, -0.1) is 0 Å². The average molecular weight is 365 g/mol. The van der Waals surface area contributed by atoms with Crippen LogP contribution in [0.25, 0.3) is 10.8 Å². The Hall–Kier alpha value is -2.43. The van der Waals surface area contributed by atoms with Crippen molar-refractivity contribution < 1.29 is 13.9 Å². The third kappa shape index (κ3) is 4.12. The molecule has 0 saturated carbocycles. The molecule has 1 heterocycles. The van der Waals surface area contributed by atoms with Crippen LogP contribution >= 0.6 is 0 Å². The zero-order valence-corrected chi connectivity index (χ0v) is 15.3. The van der Waals surface area contributed by atoms with Crippen molar-refractivity contribution in [2.45, 2.75) is 18.4 Å². The summed E-state index contributed by atoms with van der Waals surface area (Å²) in [6, 6.07) is 21.2. The first-order valence-electron chi connectivity index (χ1n) is 9.46. The average Bonchev–Trinajstić information content (AvgIpc) is 2.72. The second-order valence-electron chi connectivity index (χ2n) is 6.99. The normalized spacial score (nSPS) is 16.3. The highest BCUT2D eigenvalue weighted by Gasteiger charge is 2.33. The van der Waals surface area contributed by atoms with Crippen LogP contribution < -0.4 is 10.1 Å². The third-order valence-corrected chi connectivity index (χ3v) is 5.30. The summed E-state index contributed by atoms with van der Waals surface area (Å²) >= 11 is 0. The number of nitrogens with one attached hydrogen (secondary N) is 1. The van der Waals surface area contributed by atoms with Gasteiger partial charge in [0.05, 0.1) is 0 Å². The Morgan fingerprint density at radius 1 is 0.926 bits per heavy atom. The monoisotopic (exact) mass is 365 g/mol. The molecule has 140 valence electrons. The highest BCUT2D eigenvalue weighted by molar-refractivity contribution is 5.83. The van der Waals surface area contributed by atoms with Crippen molar-refractivity contribution in [3.8, 4) is 5.75 Å². The summed E-state index contributed by atoms with van der Waals surface area (Å²) in [5.41, 5.74) is 0.927. The van der Waals surface area contributed by atoms with Gasteiger partial charge in [-0.1, -0.05) is 42.5 Å². The van der Waals surface area contributed by atoms with Crippen LogP contribution in [0.15, 0.2) is 66.7 Å². The van der Waals surface area contributed by atoms with E-state index in [0.717, 1.165) is 24.2 Å². The number of ether oxygens (including phenoxy) is 2. The minimum atomic E-state index is -0.208. The number of benzene rings is 3. The van der Waals surface area contributed by atoms with E-state index in [0.29, 0.717) is 26.4 Å². The van der Waals surface area contributed by atoms with E-state index in [1.54, 1.807) is 0 Å². The molecule has 4 heteroatoms. The Labute approximate surface area is 159 Å². The maximum Gasteiger partial charge on any atom is 0.123 e. The summed E-state index contributed by atoms with van der Waals surface area (Å²) in [6.07, 6.45) is 1.74. The second-order valence-corrected chi connectivity index (χ2v) is 6.99. The Morgan fingerprint density at radius 2 is 1.67 bits per heavy atom. The number of hydrogen-bond donors (Lipinski definition) is 1. The third-order valence-electron chi connectivity index (χ3n) is 5.30. The van der Waals surface area contributed by atoms with Crippen molar-refractivity contribution in [3.05, 3.63) is 78.1 Å². The minimum absolute atomic E-state index is 0.182. The first-order valence-corrected chi connectivity index (χ1v) is 9.46. The lowest BCUT2D eigenvalue weighted by Gasteiger charge is -2.39. The van der Waals surface area contributed by atoms with Gasteiger partial charge in [0.15, 0.2) is 0 Å². The molecule has 0 bridgehead atoms. The lowest BCUT2D eigenvalue weighted by atomic mass is 9.82. The predicted molar refractivity (Wildman–Crippen MR) is 106 cm³/mol. The fourth-order valence-corrected chi connectivity index (χ4v) is 3.77. The van der Waals surface area contributed by atoms with Crippen LogP contribution in [0.2, 0.25) is 0 Å². The topological polar surface area (TPSA) is 30.5 Å². The van der Waals surface area contributed by atoms with Gasteiger partial charge in [0, 0.05) is 25.3 Å². The number of halogens is 1. The molecule has 0 spiro atoms. The molecule has 1 aliphatic rings. The zero-order valence-electron chi connectivity index (χ0n) is 15.3. The van der Waals surface area contributed by atoms with Gasteiger partial charge in [-0.2, -0.15) is 0 Å². The van der Waals surface area contributed by atoms with Crippen LogP contribution in [-0.4, -0.2) is 26.4 Å². The molecule has 4 rings (SSSR count). The zero-order chi connectivity index (χ0) is 18.5. The lowest BCUT2D eigenvalue weighted by Crippen LogP contribution is -2.48. The summed E-state index contributed by atoms with van der Waals surface area (Å²) in [5, 5.41) is 6.04. The molecule has 1 saturated heterocycles. The Morgan fingerprint density at radius 3 is 2.44 bits per heavy atom. The van der Waals surface area contributed by atoms with Gasteiger partial charge in [0.25, 0.3) is 0 Å². The van der Waals surface area contributed by atoms with Crippen molar-refractivity contribution in [1.82, 2.24) is 5.32 Å². The van der Waals surface area contributed by atoms with E-state index in [4.69, 9.17) is 9.47 Å². The molecule has 3 nitrogen and oxygen atoms in total. The minimum Gasteiger partial charge on any atom is -0.492 e. The Kier molecular flexibility index (Phi) is 5.37. The fraction of sp³-hybridized carbons (Fsp3) is 0.304. The van der Waals surface area contributed by atoms with Crippen molar-refractivity contribution >= 4 is 10.8 Å². The van der Waals surface area contributed by atoms with Crippen LogP contribution in [0.4, 0.5) is 4.39 Å². The Bertz CT molecular complexity index is 888. The molecule has 3 aromatic rings. The largest absolute Gasteiger partial charge is 0.492 e. The van der Waals surface area contributed by atoms with Crippen LogP contribution in [-0.2, 0) is 10.3 Å². The molecule has 0 unspecified atom stereocenters. The van der Waals surface area contributed by atoms with E-state index in [1.807, 2.05) is 30.3 Å². The van der Waals surface area contributed by atoms with Crippen molar-refractivity contribution in [3.63, 3.8) is 0 Å². The predicted octanol–water partition coefficient (Wildman–Crippen LogP) is 4.65. The second kappa shape index (κ2) is 8.07. The van der Waals surface area contributed by atoms with Gasteiger partial charge in [-0.25, -0.2) is 4.39 Å². The molecule has 27 heavy (non-hydrogen) atoms. The van der Waals surface area contributed by atoms with Crippen LogP contribution in [0.3, 0.4) is 0 Å². The first kappa shape index (κ1) is 18.0. The van der Waals surface area contributed by atoms with Gasteiger partial charge < -0.3 is 14.8 Å². The highest BCUT2D eigenvalue weighted by Crippen LogP contribution is 2.32. The number of rotatable bonds is 6. The summed E-state index contributed by atoms with van der Waals surface area (Å²) in [7, 11) is 0. The van der Waals surface area contributed by atoms with Crippen LogP contribution in [0.5, 0.6) is 5.75 Å². The van der Waals surface area contributed by atoms with E-state index in [1.165, 1.54) is 22.9 Å². The van der Waals surface area contributed by atoms with Crippen LogP contribution in [0, 0.1) is 5.82 Å². The molecule has 0 radical (unpaired) electrons. The molecule has 1 N–H and O–H groups in total. The van der Waals surface area contributed by atoms with Gasteiger partial charge in [-0.05, 0) is 53.4 Å². The van der Waals surface area contributed by atoms with E-state index in [-0.39, 0.29) is 11.4 Å². The lowest BCUT2D eigenvalue weighted by molar-refractivity contribution is 0.0352. The van der Waals surface area contributed by atoms with Gasteiger partial charge in [0.1, 0.15) is 18.2 Å². The molecule has 0 aliphatic carbocycles. The summed E-state index contributed by atoms with van der Waals surface area (Å²) in [6.45, 7) is 2.69. The summed E-state index contributed by atoms with van der Waals surface area (Å²) < 4.78 is 24.8. The van der Waals surface area contributed by atoms with E-state index in [9.17, 15) is 4.39 Å². The molecule has 1 fully saturated rings. The molecule has 3 aromatic carbocycles. The maximum atomic E-state index is 13.3. The van der Waals surface area contributed by atoms with Gasteiger partial charge >= 0.3 is 0 Å². The van der Waals surface area contributed by atoms with E-state index < -0.39 is 0 Å². The molecule has 0 atom stereocenters. The number of fused-ring (bicyclic) bond motifs is 1. The number of hydrogen-bond acceptors (Lipinski definition) is 3. The fourth-order valence-electron chi connectivity index (χ4n) is 3.77. The van der Waals surface area contributed by atoms with Crippen molar-refractivity contribution in [1.29, 1.82) is 0 Å². The smallest absolute Gasteiger partial charge is 0.123 e. The van der Waals surface area contributed by atoms with Crippen LogP contribution in [0.1, 0.15) is 18.4 Å². The summed E-state index contributed by atoms with van der Waals surface area (Å²) in [5.74, 6) is 0.666. The van der Waals surface area contributed by atoms with E-state index >= 15 is 0 Å².